The maximum absolute atomic E-state index is 12.7. The minimum Gasteiger partial charge on any atom is -0.490 e. The molecular weight excluding hydrogens is 326 g/mol. The summed E-state index contributed by atoms with van der Waals surface area (Å²) < 4.78 is 16.1. The van der Waals surface area contributed by atoms with E-state index in [-0.39, 0.29) is 5.91 Å². The Balaban J connectivity index is 2.06. The number of amides is 1. The van der Waals surface area contributed by atoms with Crippen LogP contribution >= 0.6 is 0 Å². The average Bonchev–Trinajstić information content (AvgIpc) is 3.07. The van der Waals surface area contributed by atoms with Crippen LogP contribution < -0.4 is 9.47 Å². The van der Waals surface area contributed by atoms with Gasteiger partial charge >= 0.3 is 5.97 Å². The van der Waals surface area contributed by atoms with Crippen LogP contribution in [0, 0.1) is 5.92 Å². The summed E-state index contributed by atoms with van der Waals surface area (Å²) in [5.41, 5.74) is 0.503. The van der Waals surface area contributed by atoms with Gasteiger partial charge in [-0.2, -0.15) is 0 Å². The van der Waals surface area contributed by atoms with Crippen LogP contribution in [-0.2, 0) is 9.53 Å². The number of hydrogen-bond acceptors (Lipinski definition) is 5. The third-order valence-corrected chi connectivity index (χ3v) is 3.97. The number of aliphatic carboxylic acids is 1. The Hall–Kier alpha value is -2.28. The van der Waals surface area contributed by atoms with Crippen LogP contribution in [0.4, 0.5) is 0 Å². The summed E-state index contributed by atoms with van der Waals surface area (Å²) in [6.45, 7) is 6.44. The fourth-order valence-electron chi connectivity index (χ4n) is 2.79. The van der Waals surface area contributed by atoms with E-state index in [0.29, 0.717) is 55.9 Å². The monoisotopic (exact) mass is 351 g/mol. The van der Waals surface area contributed by atoms with Gasteiger partial charge in [0.25, 0.3) is 5.91 Å². The summed E-state index contributed by atoms with van der Waals surface area (Å²) >= 11 is 0. The molecule has 7 heteroatoms. The highest BCUT2D eigenvalue weighted by Crippen LogP contribution is 2.30. The van der Waals surface area contributed by atoms with Crippen molar-refractivity contribution in [3.8, 4) is 11.5 Å². The van der Waals surface area contributed by atoms with E-state index < -0.39 is 12.6 Å². The zero-order chi connectivity index (χ0) is 18.2. The van der Waals surface area contributed by atoms with E-state index in [0.717, 1.165) is 6.42 Å². The van der Waals surface area contributed by atoms with E-state index in [9.17, 15) is 9.59 Å². The van der Waals surface area contributed by atoms with E-state index >= 15 is 0 Å². The van der Waals surface area contributed by atoms with Crippen LogP contribution in [0.3, 0.4) is 0 Å². The molecule has 1 saturated heterocycles. The molecule has 1 aromatic rings. The number of carboxylic acids is 1. The number of carbonyl (C=O) groups is 2. The number of hydrogen-bond donors (Lipinski definition) is 1. The number of carboxylic acid groups (broad SMARTS) is 1. The standard InChI is InChI=1S/C18H25NO6/c1-3-23-11-13-7-8-19(10-13)18(22)14-5-6-15(25-12-17(20)21)16(9-14)24-4-2/h5-6,9,13H,3-4,7-8,10-12H2,1-2H3,(H,20,21). The van der Waals surface area contributed by atoms with Crippen molar-refractivity contribution in [2.45, 2.75) is 20.3 Å². The molecule has 0 spiro atoms. The molecule has 0 bridgehead atoms. The molecule has 1 unspecified atom stereocenters. The van der Waals surface area contributed by atoms with E-state index in [1.807, 2.05) is 18.7 Å². The van der Waals surface area contributed by atoms with Gasteiger partial charge in [-0.25, -0.2) is 4.79 Å². The molecule has 1 aliphatic rings. The first-order valence-electron chi connectivity index (χ1n) is 8.53. The third kappa shape index (κ3) is 5.35. The van der Waals surface area contributed by atoms with Crippen molar-refractivity contribution < 1.29 is 28.9 Å². The van der Waals surface area contributed by atoms with Crippen LogP contribution in [0.25, 0.3) is 0 Å². The van der Waals surface area contributed by atoms with Crippen LogP contribution in [-0.4, -0.2) is 61.4 Å². The Morgan fingerprint density at radius 2 is 2.00 bits per heavy atom. The van der Waals surface area contributed by atoms with E-state index in [1.165, 1.54) is 0 Å². The number of ether oxygens (including phenoxy) is 3. The summed E-state index contributed by atoms with van der Waals surface area (Å²) in [7, 11) is 0. The van der Waals surface area contributed by atoms with Crippen molar-refractivity contribution in [1.82, 2.24) is 4.90 Å². The molecule has 1 heterocycles. The molecule has 0 radical (unpaired) electrons. The highest BCUT2D eigenvalue weighted by atomic mass is 16.5. The lowest BCUT2D eigenvalue weighted by molar-refractivity contribution is -0.139. The average molecular weight is 351 g/mol. The summed E-state index contributed by atoms with van der Waals surface area (Å²) in [5.74, 6) is -0.0747. The first kappa shape index (κ1) is 19.1. The van der Waals surface area contributed by atoms with Crippen LogP contribution in [0.5, 0.6) is 11.5 Å². The fraction of sp³-hybridized carbons (Fsp3) is 0.556. The quantitative estimate of drug-likeness (QED) is 0.733. The molecule has 2 rings (SSSR count). The second kappa shape index (κ2) is 9.27. The summed E-state index contributed by atoms with van der Waals surface area (Å²) in [6, 6.07) is 4.83. The molecule has 1 aliphatic heterocycles. The second-order valence-electron chi connectivity index (χ2n) is 5.84. The van der Waals surface area contributed by atoms with E-state index in [2.05, 4.69) is 0 Å². The lowest BCUT2D eigenvalue weighted by Crippen LogP contribution is -2.29. The van der Waals surface area contributed by atoms with Gasteiger partial charge < -0.3 is 24.2 Å². The smallest absolute Gasteiger partial charge is 0.341 e. The van der Waals surface area contributed by atoms with Gasteiger partial charge in [0.15, 0.2) is 18.1 Å². The summed E-state index contributed by atoms with van der Waals surface area (Å²) in [4.78, 5) is 25.2. The van der Waals surface area contributed by atoms with E-state index in [4.69, 9.17) is 19.3 Å². The first-order chi connectivity index (χ1) is 12.0. The summed E-state index contributed by atoms with van der Waals surface area (Å²) in [6.07, 6.45) is 0.934. The molecule has 1 amide bonds. The molecule has 1 aromatic carbocycles. The molecule has 1 N–H and O–H groups in total. The van der Waals surface area contributed by atoms with Gasteiger partial charge in [0.2, 0.25) is 0 Å². The Kier molecular flexibility index (Phi) is 7.06. The molecule has 0 aromatic heterocycles. The number of rotatable bonds is 9. The van der Waals surface area contributed by atoms with Gasteiger partial charge in [0, 0.05) is 31.2 Å². The van der Waals surface area contributed by atoms with Gasteiger partial charge in [0.1, 0.15) is 0 Å². The lowest BCUT2D eigenvalue weighted by Gasteiger charge is -2.18. The minimum atomic E-state index is -1.07. The SMILES string of the molecule is CCOCC1CCN(C(=O)c2ccc(OCC(=O)O)c(OCC)c2)C1. The predicted octanol–water partition coefficient (Wildman–Crippen LogP) is 2.05. The number of carbonyl (C=O) groups excluding carboxylic acids is 1. The van der Waals surface area contributed by atoms with Gasteiger partial charge in [0.05, 0.1) is 13.2 Å². The van der Waals surface area contributed by atoms with Gasteiger partial charge in [-0.05, 0) is 38.5 Å². The first-order valence-corrected chi connectivity index (χ1v) is 8.53. The predicted molar refractivity (Wildman–Crippen MR) is 91.2 cm³/mol. The second-order valence-corrected chi connectivity index (χ2v) is 5.84. The van der Waals surface area contributed by atoms with Gasteiger partial charge in [-0.1, -0.05) is 0 Å². The molecule has 1 atom stereocenters. The van der Waals surface area contributed by atoms with Gasteiger partial charge in [-0.3, -0.25) is 4.79 Å². The van der Waals surface area contributed by atoms with Crippen molar-refractivity contribution in [2.24, 2.45) is 5.92 Å². The topological polar surface area (TPSA) is 85.3 Å². The third-order valence-electron chi connectivity index (χ3n) is 3.97. The van der Waals surface area contributed by atoms with Crippen LogP contribution in [0.2, 0.25) is 0 Å². The zero-order valence-corrected chi connectivity index (χ0v) is 14.7. The zero-order valence-electron chi connectivity index (χ0n) is 14.7. The Labute approximate surface area is 147 Å². The number of nitrogens with zero attached hydrogens (tertiary/aromatic N) is 1. The molecule has 0 aliphatic carbocycles. The molecular formula is C18H25NO6. The van der Waals surface area contributed by atoms with Crippen molar-refractivity contribution in [3.63, 3.8) is 0 Å². The molecule has 138 valence electrons. The Bertz CT molecular complexity index is 603. The minimum absolute atomic E-state index is 0.0651. The highest BCUT2D eigenvalue weighted by molar-refractivity contribution is 5.95. The maximum atomic E-state index is 12.7. The fourth-order valence-corrected chi connectivity index (χ4v) is 2.79. The van der Waals surface area contributed by atoms with Crippen molar-refractivity contribution in [1.29, 1.82) is 0 Å². The molecule has 25 heavy (non-hydrogen) atoms. The van der Waals surface area contributed by atoms with E-state index in [1.54, 1.807) is 18.2 Å². The maximum Gasteiger partial charge on any atom is 0.341 e. The largest absolute Gasteiger partial charge is 0.490 e. The number of benzene rings is 1. The molecule has 7 nitrogen and oxygen atoms in total. The van der Waals surface area contributed by atoms with Crippen LogP contribution in [0.1, 0.15) is 30.6 Å². The normalized spacial score (nSPS) is 16.7. The Morgan fingerprint density at radius 1 is 1.20 bits per heavy atom. The van der Waals surface area contributed by atoms with Crippen molar-refractivity contribution >= 4 is 11.9 Å². The highest BCUT2D eigenvalue weighted by Gasteiger charge is 2.27. The Morgan fingerprint density at radius 3 is 2.68 bits per heavy atom. The molecule has 0 saturated carbocycles. The van der Waals surface area contributed by atoms with Gasteiger partial charge in [-0.15, -0.1) is 0 Å². The lowest BCUT2D eigenvalue weighted by atomic mass is 10.1. The van der Waals surface area contributed by atoms with Crippen molar-refractivity contribution in [3.05, 3.63) is 23.8 Å². The van der Waals surface area contributed by atoms with Crippen molar-refractivity contribution in [2.75, 3.05) is 39.5 Å². The number of likely N-dealkylation sites (tertiary alicyclic amines) is 1. The van der Waals surface area contributed by atoms with Crippen LogP contribution in [0.15, 0.2) is 18.2 Å². The molecule has 1 fully saturated rings. The summed E-state index contributed by atoms with van der Waals surface area (Å²) in [5, 5.41) is 8.73.